The van der Waals surface area contributed by atoms with E-state index in [9.17, 15) is 14.4 Å². The summed E-state index contributed by atoms with van der Waals surface area (Å²) in [6.07, 6.45) is 1.44. The van der Waals surface area contributed by atoms with Gasteiger partial charge in [-0.05, 0) is 36.7 Å². The molecule has 1 aromatic carbocycles. The summed E-state index contributed by atoms with van der Waals surface area (Å²) < 4.78 is 5.04. The van der Waals surface area contributed by atoms with E-state index in [1.165, 1.54) is 13.1 Å². The summed E-state index contributed by atoms with van der Waals surface area (Å²) in [5.74, 6) is -0.0628. The summed E-state index contributed by atoms with van der Waals surface area (Å²) in [6, 6.07) is 5.58. The van der Waals surface area contributed by atoms with Gasteiger partial charge in [-0.25, -0.2) is 9.59 Å². The van der Waals surface area contributed by atoms with Crippen LogP contribution in [0.25, 0.3) is 0 Å². The van der Waals surface area contributed by atoms with E-state index in [-0.39, 0.29) is 12.2 Å². The molecule has 0 unspecified atom stereocenters. The number of carbonyl (C=O) groups is 3. The van der Waals surface area contributed by atoms with Gasteiger partial charge in [0, 0.05) is 17.8 Å². The van der Waals surface area contributed by atoms with E-state index < -0.39 is 17.2 Å². The van der Waals surface area contributed by atoms with Crippen LogP contribution >= 0.6 is 23.4 Å². The van der Waals surface area contributed by atoms with Crippen LogP contribution in [0.15, 0.2) is 29.2 Å². The van der Waals surface area contributed by atoms with Crippen LogP contribution in [0.4, 0.5) is 9.59 Å². The first-order chi connectivity index (χ1) is 10.5. The summed E-state index contributed by atoms with van der Waals surface area (Å²) in [7, 11) is 1.27. The van der Waals surface area contributed by atoms with Gasteiger partial charge in [-0.1, -0.05) is 12.1 Å². The van der Waals surface area contributed by atoms with Crippen LogP contribution in [0.1, 0.15) is 23.2 Å². The molecule has 22 heavy (non-hydrogen) atoms. The van der Waals surface area contributed by atoms with Crippen molar-refractivity contribution in [3.63, 3.8) is 0 Å². The molecule has 6 nitrogen and oxygen atoms in total. The minimum atomic E-state index is -0.867. The van der Waals surface area contributed by atoms with E-state index in [1.54, 1.807) is 18.2 Å². The number of rotatable bonds is 6. The van der Waals surface area contributed by atoms with Crippen molar-refractivity contribution >= 4 is 40.6 Å². The predicted octanol–water partition coefficient (Wildman–Crippen LogP) is 3.09. The molecule has 3 amide bonds. The average molecular weight is 345 g/mol. The summed E-state index contributed by atoms with van der Waals surface area (Å²) in [6.45, 7) is 0.274. The zero-order chi connectivity index (χ0) is 16.5. The van der Waals surface area contributed by atoms with Gasteiger partial charge in [-0.15, -0.1) is 11.6 Å². The largest absolute Gasteiger partial charge is 0.457 e. The van der Waals surface area contributed by atoms with Crippen molar-refractivity contribution in [1.82, 2.24) is 4.90 Å². The third kappa shape index (κ3) is 5.57. The first kappa shape index (κ1) is 18.3. The number of hydrogen-bond acceptors (Lipinski definition) is 5. The number of carbonyl (C=O) groups excluding carboxylic acids is 3. The molecule has 1 aromatic rings. The molecule has 8 heteroatoms. The highest BCUT2D eigenvalue weighted by Gasteiger charge is 2.20. The Morgan fingerprint density at radius 2 is 1.95 bits per heavy atom. The summed E-state index contributed by atoms with van der Waals surface area (Å²) >= 11 is 6.32. The molecule has 0 aliphatic rings. The third-order valence-electron chi connectivity index (χ3n) is 2.69. The molecule has 0 fully saturated rings. The minimum Gasteiger partial charge on any atom is -0.457 e. The second-order valence-corrected chi connectivity index (χ2v) is 5.65. The molecule has 0 heterocycles. The molecule has 0 saturated carbocycles. The molecule has 1 rings (SSSR count). The third-order valence-corrected chi connectivity index (χ3v) is 3.82. The maximum absolute atomic E-state index is 12.1. The number of hydrogen-bond donors (Lipinski definition) is 1. The van der Waals surface area contributed by atoms with E-state index in [2.05, 4.69) is 0 Å². The molecule has 0 aliphatic carbocycles. The van der Waals surface area contributed by atoms with Crippen molar-refractivity contribution in [3.8, 4) is 0 Å². The Kier molecular flexibility index (Phi) is 7.76. The van der Waals surface area contributed by atoms with Gasteiger partial charge in [0.15, 0.2) is 0 Å². The number of amides is 3. The number of nitrogens with zero attached hydrogens (tertiary/aromatic N) is 1. The quantitative estimate of drug-likeness (QED) is 0.370. The monoisotopic (exact) mass is 344 g/mol. The maximum Gasteiger partial charge on any atom is 0.372 e. The van der Waals surface area contributed by atoms with Crippen LogP contribution in [-0.4, -0.2) is 41.7 Å². The van der Waals surface area contributed by atoms with Crippen molar-refractivity contribution in [2.45, 2.75) is 17.7 Å². The Labute approximate surface area is 137 Å². The smallest absolute Gasteiger partial charge is 0.372 e. The fourth-order valence-corrected chi connectivity index (χ4v) is 2.41. The Hall–Kier alpha value is -1.73. The first-order valence-corrected chi connectivity index (χ1v) is 7.89. The number of imide groups is 1. The number of halogens is 1. The normalized spacial score (nSPS) is 10.1. The van der Waals surface area contributed by atoms with Gasteiger partial charge in [0.25, 0.3) is 5.91 Å². The van der Waals surface area contributed by atoms with Crippen LogP contribution in [0.5, 0.6) is 0 Å². The Morgan fingerprint density at radius 3 is 2.59 bits per heavy atom. The summed E-state index contributed by atoms with van der Waals surface area (Å²) in [5.41, 5.74) is 5.29. The average Bonchev–Trinajstić information content (AvgIpc) is 2.50. The lowest BCUT2D eigenvalue weighted by molar-refractivity contribution is 0.0835. The van der Waals surface area contributed by atoms with Crippen molar-refractivity contribution in [1.29, 1.82) is 0 Å². The van der Waals surface area contributed by atoms with Crippen LogP contribution in [0.3, 0.4) is 0 Å². The lowest BCUT2D eigenvalue weighted by Crippen LogP contribution is -2.37. The molecule has 0 saturated heterocycles. The molecule has 0 aliphatic heterocycles. The van der Waals surface area contributed by atoms with Crippen LogP contribution in [0, 0.1) is 0 Å². The lowest BCUT2D eigenvalue weighted by Gasteiger charge is -2.14. The number of alkyl halides is 1. The maximum atomic E-state index is 12.1. The fourth-order valence-electron chi connectivity index (χ4n) is 1.48. The van der Waals surface area contributed by atoms with E-state index in [0.29, 0.717) is 17.2 Å². The predicted molar refractivity (Wildman–Crippen MR) is 85.3 cm³/mol. The number of benzene rings is 1. The highest BCUT2D eigenvalue weighted by atomic mass is 35.5. The highest BCUT2D eigenvalue weighted by molar-refractivity contribution is 8.13. The Morgan fingerprint density at radius 1 is 1.27 bits per heavy atom. The minimum absolute atomic E-state index is 0.214. The Bertz CT molecular complexity index is 553. The molecule has 0 atom stereocenters. The molecule has 0 spiro atoms. The van der Waals surface area contributed by atoms with E-state index in [0.717, 1.165) is 23.1 Å². The standard InChI is InChI=1S/C14H17ClN2O4S/c1-17(13(16)19)12(18)10-6-2-3-7-11(10)22-14(20)21-9-5-4-8-15/h2-3,6-7H,4-5,8-9H2,1H3,(H2,16,19). The topological polar surface area (TPSA) is 89.7 Å². The van der Waals surface area contributed by atoms with Crippen LogP contribution in [0.2, 0.25) is 0 Å². The van der Waals surface area contributed by atoms with Gasteiger partial charge in [0.1, 0.15) is 0 Å². The number of nitrogens with two attached hydrogens (primary N) is 1. The fraction of sp³-hybridized carbons (Fsp3) is 0.357. The molecular formula is C14H17ClN2O4S. The van der Waals surface area contributed by atoms with Crippen LogP contribution in [-0.2, 0) is 4.74 Å². The van der Waals surface area contributed by atoms with E-state index >= 15 is 0 Å². The lowest BCUT2D eigenvalue weighted by atomic mass is 10.2. The molecule has 2 N–H and O–H groups in total. The SMILES string of the molecule is CN(C(N)=O)C(=O)c1ccccc1SC(=O)OCCCCCl. The van der Waals surface area contributed by atoms with Crippen molar-refractivity contribution in [2.24, 2.45) is 5.73 Å². The zero-order valence-electron chi connectivity index (χ0n) is 12.1. The number of unbranched alkanes of at least 4 members (excludes halogenated alkanes) is 1. The number of urea groups is 1. The molecule has 0 aromatic heterocycles. The molecule has 0 radical (unpaired) electrons. The summed E-state index contributed by atoms with van der Waals surface area (Å²) in [4.78, 5) is 36.1. The van der Waals surface area contributed by atoms with Crippen molar-refractivity contribution in [3.05, 3.63) is 29.8 Å². The van der Waals surface area contributed by atoms with Gasteiger partial charge < -0.3 is 10.5 Å². The van der Waals surface area contributed by atoms with Crippen LogP contribution < -0.4 is 5.73 Å². The second-order valence-electron chi connectivity index (χ2n) is 4.30. The zero-order valence-corrected chi connectivity index (χ0v) is 13.7. The van der Waals surface area contributed by atoms with Gasteiger partial charge in [-0.2, -0.15) is 0 Å². The van der Waals surface area contributed by atoms with Gasteiger partial charge in [0.2, 0.25) is 0 Å². The van der Waals surface area contributed by atoms with E-state index in [4.69, 9.17) is 22.1 Å². The van der Waals surface area contributed by atoms with Gasteiger partial charge in [0.05, 0.1) is 12.2 Å². The molecule has 0 bridgehead atoms. The second kappa shape index (κ2) is 9.32. The first-order valence-electron chi connectivity index (χ1n) is 6.54. The van der Waals surface area contributed by atoms with Gasteiger partial charge in [-0.3, -0.25) is 9.69 Å². The molecular weight excluding hydrogens is 328 g/mol. The Balaban J connectivity index is 2.73. The van der Waals surface area contributed by atoms with Crippen molar-refractivity contribution in [2.75, 3.05) is 19.5 Å². The van der Waals surface area contributed by atoms with Crippen molar-refractivity contribution < 1.29 is 19.1 Å². The number of primary amides is 1. The number of thioether (sulfide) groups is 1. The summed E-state index contributed by atoms with van der Waals surface area (Å²) in [5, 5.41) is -0.517. The highest BCUT2D eigenvalue weighted by Crippen LogP contribution is 2.25. The number of ether oxygens (including phenoxy) is 1. The van der Waals surface area contributed by atoms with E-state index in [1.807, 2.05) is 0 Å². The molecule has 120 valence electrons. The van der Waals surface area contributed by atoms with Gasteiger partial charge >= 0.3 is 11.3 Å².